The molecule has 2 fully saturated rings. The lowest BCUT2D eigenvalue weighted by molar-refractivity contribution is -0.156. The molecule has 2 heterocycles. The number of cyclic esters (lactones) is 1. The number of ether oxygens (including phenoxy) is 3. The molecule has 0 spiro atoms. The maximum atomic E-state index is 11.1. The van der Waals surface area contributed by atoms with Crippen molar-refractivity contribution in [2.75, 3.05) is 6.61 Å². The number of fused-ring (bicyclic) bond motifs is 1. The molecule has 2 rings (SSSR count). The predicted molar refractivity (Wildman–Crippen MR) is 43.9 cm³/mol. The molecule has 0 amide bonds. The van der Waals surface area contributed by atoms with E-state index in [4.69, 9.17) is 14.2 Å². The van der Waals surface area contributed by atoms with Gasteiger partial charge in [-0.3, -0.25) is 0 Å². The number of carbonyl (C=O) groups is 1. The summed E-state index contributed by atoms with van der Waals surface area (Å²) in [7, 11) is 0. The van der Waals surface area contributed by atoms with E-state index in [0.717, 1.165) is 6.42 Å². The molecule has 13 heavy (non-hydrogen) atoms. The number of esters is 1. The van der Waals surface area contributed by atoms with Crippen molar-refractivity contribution < 1.29 is 19.0 Å². The summed E-state index contributed by atoms with van der Waals surface area (Å²) < 4.78 is 15.7. The van der Waals surface area contributed by atoms with Crippen LogP contribution in [0.5, 0.6) is 0 Å². The fourth-order valence-electron chi connectivity index (χ4n) is 1.63. The summed E-state index contributed by atoms with van der Waals surface area (Å²) in [5, 5.41) is 0. The molecule has 0 radical (unpaired) electrons. The molecule has 2 saturated heterocycles. The van der Waals surface area contributed by atoms with Crippen molar-refractivity contribution in [2.24, 2.45) is 5.92 Å². The lowest BCUT2D eigenvalue weighted by Gasteiger charge is -2.13. The van der Waals surface area contributed by atoms with Crippen molar-refractivity contribution in [3.05, 3.63) is 0 Å². The third kappa shape index (κ3) is 1.69. The molecular formula is C9H14O4. The zero-order valence-corrected chi connectivity index (χ0v) is 7.86. The largest absolute Gasteiger partial charge is 0.461 e. The Morgan fingerprint density at radius 1 is 1.46 bits per heavy atom. The van der Waals surface area contributed by atoms with Crippen LogP contribution in [0.3, 0.4) is 0 Å². The number of carbonyl (C=O) groups excluding carboxylic acids is 1. The van der Waals surface area contributed by atoms with Gasteiger partial charge in [0.05, 0.1) is 0 Å². The van der Waals surface area contributed by atoms with Crippen molar-refractivity contribution >= 4 is 5.97 Å². The van der Waals surface area contributed by atoms with Crippen LogP contribution in [-0.4, -0.2) is 31.1 Å². The predicted octanol–water partition coefficient (Wildman–Crippen LogP) is 0.699. The molecule has 3 atom stereocenters. The molecule has 0 saturated carbocycles. The first-order chi connectivity index (χ1) is 6.16. The summed E-state index contributed by atoms with van der Waals surface area (Å²) in [6, 6.07) is 0. The van der Waals surface area contributed by atoms with Gasteiger partial charge in [0, 0.05) is 6.42 Å². The van der Waals surface area contributed by atoms with Gasteiger partial charge in [-0.15, -0.1) is 0 Å². The number of hydrogen-bond acceptors (Lipinski definition) is 4. The van der Waals surface area contributed by atoms with Crippen molar-refractivity contribution in [3.63, 3.8) is 0 Å². The SMILES string of the molecule is CC(C)CC1OC2COC(=O)C2O1. The molecule has 0 aliphatic carbocycles. The topological polar surface area (TPSA) is 44.8 Å². The highest BCUT2D eigenvalue weighted by molar-refractivity contribution is 5.77. The van der Waals surface area contributed by atoms with Gasteiger partial charge >= 0.3 is 5.97 Å². The zero-order valence-electron chi connectivity index (χ0n) is 7.86. The summed E-state index contributed by atoms with van der Waals surface area (Å²) in [5.41, 5.74) is 0. The van der Waals surface area contributed by atoms with E-state index in [2.05, 4.69) is 13.8 Å². The van der Waals surface area contributed by atoms with Crippen LogP contribution in [0.2, 0.25) is 0 Å². The van der Waals surface area contributed by atoms with Gasteiger partial charge in [0.2, 0.25) is 0 Å². The number of rotatable bonds is 2. The summed E-state index contributed by atoms with van der Waals surface area (Å²) in [6.45, 7) is 4.54. The van der Waals surface area contributed by atoms with Crippen LogP contribution in [0, 0.1) is 5.92 Å². The summed E-state index contributed by atoms with van der Waals surface area (Å²) in [5.74, 6) is 0.233. The minimum atomic E-state index is -0.469. The summed E-state index contributed by atoms with van der Waals surface area (Å²) in [4.78, 5) is 11.1. The Labute approximate surface area is 77.1 Å². The molecule has 0 aromatic carbocycles. The first kappa shape index (κ1) is 8.97. The highest BCUT2D eigenvalue weighted by Crippen LogP contribution is 2.28. The third-order valence-corrected chi connectivity index (χ3v) is 2.25. The van der Waals surface area contributed by atoms with E-state index in [1.165, 1.54) is 0 Å². The standard InChI is InChI=1S/C9H14O4/c1-5(2)3-7-12-6-4-11-9(10)8(6)13-7/h5-8H,3-4H2,1-2H3. The quantitative estimate of drug-likeness (QED) is 0.595. The molecule has 2 aliphatic rings. The van der Waals surface area contributed by atoms with E-state index in [-0.39, 0.29) is 18.4 Å². The molecule has 3 unspecified atom stereocenters. The van der Waals surface area contributed by atoms with Crippen LogP contribution in [0.1, 0.15) is 20.3 Å². The highest BCUT2D eigenvalue weighted by atomic mass is 16.8. The van der Waals surface area contributed by atoms with Gasteiger partial charge in [-0.1, -0.05) is 13.8 Å². The zero-order chi connectivity index (χ0) is 9.42. The molecule has 0 aromatic heterocycles. The smallest absolute Gasteiger partial charge is 0.338 e. The molecule has 0 aromatic rings. The minimum Gasteiger partial charge on any atom is -0.461 e. The molecular weight excluding hydrogens is 172 g/mol. The lowest BCUT2D eigenvalue weighted by atomic mass is 10.1. The highest BCUT2D eigenvalue weighted by Gasteiger charge is 2.47. The Hall–Kier alpha value is -0.610. The van der Waals surface area contributed by atoms with Gasteiger partial charge in [0.25, 0.3) is 0 Å². The van der Waals surface area contributed by atoms with Gasteiger partial charge in [0.15, 0.2) is 12.4 Å². The maximum Gasteiger partial charge on any atom is 0.338 e. The van der Waals surface area contributed by atoms with Gasteiger partial charge in [-0.05, 0) is 5.92 Å². The van der Waals surface area contributed by atoms with Crippen LogP contribution in [0.4, 0.5) is 0 Å². The molecule has 74 valence electrons. The lowest BCUT2D eigenvalue weighted by Crippen LogP contribution is -2.23. The van der Waals surface area contributed by atoms with Crippen molar-refractivity contribution in [3.8, 4) is 0 Å². The Kier molecular flexibility index (Phi) is 2.26. The summed E-state index contributed by atoms with van der Waals surface area (Å²) >= 11 is 0. The van der Waals surface area contributed by atoms with Gasteiger partial charge in [-0.2, -0.15) is 0 Å². The maximum absolute atomic E-state index is 11.1. The Morgan fingerprint density at radius 2 is 2.23 bits per heavy atom. The normalized spacial score (nSPS) is 38.1. The Bertz CT molecular complexity index is 214. The number of hydrogen-bond donors (Lipinski definition) is 0. The van der Waals surface area contributed by atoms with E-state index < -0.39 is 6.10 Å². The Balaban J connectivity index is 1.91. The van der Waals surface area contributed by atoms with Crippen molar-refractivity contribution in [1.29, 1.82) is 0 Å². The van der Waals surface area contributed by atoms with Crippen molar-refractivity contribution in [2.45, 2.75) is 38.8 Å². The van der Waals surface area contributed by atoms with Crippen molar-refractivity contribution in [1.82, 2.24) is 0 Å². The second-order valence-corrected chi connectivity index (χ2v) is 3.92. The second-order valence-electron chi connectivity index (χ2n) is 3.92. The van der Waals surface area contributed by atoms with Gasteiger partial charge < -0.3 is 14.2 Å². The first-order valence-electron chi connectivity index (χ1n) is 4.64. The molecule has 4 heteroatoms. The van der Waals surface area contributed by atoms with E-state index in [1.54, 1.807) is 0 Å². The van der Waals surface area contributed by atoms with Crippen LogP contribution < -0.4 is 0 Å². The van der Waals surface area contributed by atoms with Crippen LogP contribution in [-0.2, 0) is 19.0 Å². The van der Waals surface area contributed by atoms with E-state index in [0.29, 0.717) is 12.5 Å². The Morgan fingerprint density at radius 3 is 2.85 bits per heavy atom. The van der Waals surface area contributed by atoms with Gasteiger partial charge in [0.1, 0.15) is 12.7 Å². The van der Waals surface area contributed by atoms with Crippen LogP contribution >= 0.6 is 0 Å². The molecule has 4 nitrogen and oxygen atoms in total. The minimum absolute atomic E-state index is 0.170. The third-order valence-electron chi connectivity index (χ3n) is 2.25. The molecule has 0 N–H and O–H groups in total. The molecule has 0 bridgehead atoms. The average Bonchev–Trinajstić information content (AvgIpc) is 2.53. The van der Waals surface area contributed by atoms with E-state index in [9.17, 15) is 4.79 Å². The molecule has 2 aliphatic heterocycles. The monoisotopic (exact) mass is 186 g/mol. The van der Waals surface area contributed by atoms with E-state index >= 15 is 0 Å². The first-order valence-corrected chi connectivity index (χ1v) is 4.64. The summed E-state index contributed by atoms with van der Waals surface area (Å²) in [6.07, 6.45) is -0.0249. The van der Waals surface area contributed by atoms with Crippen LogP contribution in [0.15, 0.2) is 0 Å². The average molecular weight is 186 g/mol. The fraction of sp³-hybridized carbons (Fsp3) is 0.889. The van der Waals surface area contributed by atoms with Crippen LogP contribution in [0.25, 0.3) is 0 Å². The van der Waals surface area contributed by atoms with E-state index in [1.807, 2.05) is 0 Å². The van der Waals surface area contributed by atoms with Gasteiger partial charge in [-0.25, -0.2) is 4.79 Å². The fourth-order valence-corrected chi connectivity index (χ4v) is 1.63. The second kappa shape index (κ2) is 3.27.